The van der Waals surface area contributed by atoms with E-state index in [1.54, 1.807) is 0 Å². The maximum atomic E-state index is 12.1. The zero-order valence-corrected chi connectivity index (χ0v) is 16.1. The summed E-state index contributed by atoms with van der Waals surface area (Å²) in [5.41, 5.74) is 0.333. The molecule has 22 heavy (non-hydrogen) atoms. The molecular weight excluding hydrogens is 296 g/mol. The zero-order valence-electron chi connectivity index (χ0n) is 15.1. The molecule has 0 aromatic carbocycles. The number of hydrogen-bond donors (Lipinski definition) is 1. The Morgan fingerprint density at radius 3 is 1.73 bits per heavy atom. The van der Waals surface area contributed by atoms with Gasteiger partial charge in [-0.05, 0) is 35.4 Å². The van der Waals surface area contributed by atoms with Crippen LogP contribution in [0.15, 0.2) is 12.2 Å². The van der Waals surface area contributed by atoms with Crippen molar-refractivity contribution in [1.29, 1.82) is 0 Å². The van der Waals surface area contributed by atoms with Gasteiger partial charge in [0.1, 0.15) is 0 Å². The van der Waals surface area contributed by atoms with E-state index in [0.29, 0.717) is 23.3 Å². The molecule has 1 N–H and O–H groups in total. The summed E-state index contributed by atoms with van der Waals surface area (Å²) in [6.45, 7) is 15.1. The molecule has 0 rings (SSSR count). The van der Waals surface area contributed by atoms with E-state index in [-0.39, 0.29) is 0 Å². The van der Waals surface area contributed by atoms with E-state index in [0.717, 1.165) is 24.2 Å². The summed E-state index contributed by atoms with van der Waals surface area (Å²) in [4.78, 5) is 22.7. The third kappa shape index (κ3) is 7.25. The lowest BCUT2D eigenvalue weighted by molar-refractivity contribution is -0.133. The van der Waals surface area contributed by atoms with Crippen molar-refractivity contribution >= 4 is 20.3 Å². The molecule has 0 amide bonds. The zero-order chi connectivity index (χ0) is 17.5. The quantitative estimate of drug-likeness (QED) is 0.501. The molecule has 0 saturated carbocycles. The van der Waals surface area contributed by atoms with Gasteiger partial charge in [0.15, 0.2) is 0 Å². The average Bonchev–Trinajstić information content (AvgIpc) is 2.33. The minimum atomic E-state index is -2.32. The Balaban J connectivity index is 5.50. The van der Waals surface area contributed by atoms with Crippen LogP contribution in [-0.2, 0) is 14.0 Å². The highest BCUT2D eigenvalue weighted by Crippen LogP contribution is 2.40. The van der Waals surface area contributed by atoms with Crippen molar-refractivity contribution in [3.63, 3.8) is 0 Å². The average molecular weight is 329 g/mol. The van der Waals surface area contributed by atoms with Crippen molar-refractivity contribution in [2.75, 3.05) is 0 Å². The molecular formula is C17H32O4Si. The van der Waals surface area contributed by atoms with Crippen LogP contribution in [-0.4, -0.2) is 25.4 Å². The van der Waals surface area contributed by atoms with E-state index in [4.69, 9.17) is 9.53 Å². The van der Waals surface area contributed by atoms with Crippen LogP contribution in [0.5, 0.6) is 0 Å². The van der Waals surface area contributed by atoms with E-state index in [9.17, 15) is 9.59 Å². The molecule has 5 heteroatoms. The summed E-state index contributed by atoms with van der Waals surface area (Å²) in [5.74, 6) is -0.317. The topological polar surface area (TPSA) is 63.6 Å². The second-order valence-electron chi connectivity index (χ2n) is 7.39. The maximum Gasteiger partial charge on any atom is 0.328 e. The third-order valence-electron chi connectivity index (χ3n) is 4.00. The Bertz CT molecular complexity index is 389. The Morgan fingerprint density at radius 1 is 0.955 bits per heavy atom. The Labute approximate surface area is 136 Å². The van der Waals surface area contributed by atoms with Crippen molar-refractivity contribution in [2.45, 2.75) is 66.1 Å². The summed E-state index contributed by atoms with van der Waals surface area (Å²) in [6.07, 6.45) is 1.89. The highest BCUT2D eigenvalue weighted by atomic mass is 28.4. The SMILES string of the molecule is CC(C)C[Si](CC(C)C)(OC(=O)/C=C\C(=O)O)C(C)C(C)C. The fourth-order valence-corrected chi connectivity index (χ4v) is 8.71. The minimum Gasteiger partial charge on any atom is -0.516 e. The van der Waals surface area contributed by atoms with Gasteiger partial charge in [0, 0.05) is 12.2 Å². The van der Waals surface area contributed by atoms with E-state index in [1.165, 1.54) is 0 Å². The van der Waals surface area contributed by atoms with Crippen LogP contribution in [0.4, 0.5) is 0 Å². The lowest BCUT2D eigenvalue weighted by Gasteiger charge is -2.40. The van der Waals surface area contributed by atoms with Gasteiger partial charge < -0.3 is 9.53 Å². The predicted octanol–water partition coefficient (Wildman–Crippen LogP) is 4.47. The first-order valence-electron chi connectivity index (χ1n) is 8.14. The monoisotopic (exact) mass is 328 g/mol. The number of aliphatic carboxylic acids is 1. The van der Waals surface area contributed by atoms with Crippen LogP contribution in [0, 0.1) is 17.8 Å². The molecule has 0 aromatic rings. The molecule has 0 heterocycles. The van der Waals surface area contributed by atoms with Gasteiger partial charge in [0.2, 0.25) is 0 Å². The number of carbonyl (C=O) groups is 2. The summed E-state index contributed by atoms with van der Waals surface area (Å²) >= 11 is 0. The van der Waals surface area contributed by atoms with E-state index in [2.05, 4.69) is 48.5 Å². The first-order valence-corrected chi connectivity index (χ1v) is 10.5. The minimum absolute atomic E-state index is 0.333. The molecule has 4 nitrogen and oxygen atoms in total. The van der Waals surface area contributed by atoms with Crippen LogP contribution < -0.4 is 0 Å². The first-order chi connectivity index (χ1) is 10.00. The fourth-order valence-electron chi connectivity index (χ4n) is 2.99. The third-order valence-corrected chi connectivity index (χ3v) is 9.95. The van der Waals surface area contributed by atoms with Crippen molar-refractivity contribution in [2.24, 2.45) is 17.8 Å². The van der Waals surface area contributed by atoms with Gasteiger partial charge in [-0.2, -0.15) is 0 Å². The summed E-state index contributed by atoms with van der Waals surface area (Å²) in [6, 6.07) is 1.83. The molecule has 0 bridgehead atoms. The second kappa shape index (κ2) is 9.13. The van der Waals surface area contributed by atoms with Crippen LogP contribution >= 0.6 is 0 Å². The standard InChI is InChI=1S/C17H32O4Si/c1-12(2)10-22(11-13(3)4,15(7)14(5)6)21-17(20)9-8-16(18)19/h8-9,12-15H,10-11H2,1-7H3,(H,18,19)/b9-8-. The van der Waals surface area contributed by atoms with Crippen LogP contribution in [0.1, 0.15) is 48.5 Å². The number of carboxylic acid groups (broad SMARTS) is 1. The van der Waals surface area contributed by atoms with Gasteiger partial charge in [-0.25, -0.2) is 9.59 Å². The first kappa shape index (κ1) is 20.9. The molecule has 0 spiro atoms. The predicted molar refractivity (Wildman–Crippen MR) is 92.2 cm³/mol. The smallest absolute Gasteiger partial charge is 0.328 e. The number of rotatable bonds is 9. The summed E-state index contributed by atoms with van der Waals surface area (Å²) in [5, 5.41) is 8.67. The lowest BCUT2D eigenvalue weighted by atomic mass is 10.1. The second-order valence-corrected chi connectivity index (χ2v) is 11.4. The van der Waals surface area contributed by atoms with Crippen LogP contribution in [0.2, 0.25) is 17.6 Å². The van der Waals surface area contributed by atoms with Gasteiger partial charge in [0.05, 0.1) is 0 Å². The molecule has 0 aromatic heterocycles. The van der Waals surface area contributed by atoms with Gasteiger partial charge in [-0.15, -0.1) is 0 Å². The van der Waals surface area contributed by atoms with Gasteiger partial charge in [0.25, 0.3) is 8.32 Å². The number of carbonyl (C=O) groups excluding carboxylic acids is 1. The lowest BCUT2D eigenvalue weighted by Crippen LogP contribution is -2.47. The van der Waals surface area contributed by atoms with Crippen LogP contribution in [0.3, 0.4) is 0 Å². The highest BCUT2D eigenvalue weighted by Gasteiger charge is 2.45. The molecule has 0 aliphatic rings. The molecule has 1 atom stereocenters. The van der Waals surface area contributed by atoms with E-state index in [1.807, 2.05) is 0 Å². The van der Waals surface area contributed by atoms with Crippen molar-refractivity contribution in [3.8, 4) is 0 Å². The molecule has 0 aliphatic heterocycles. The highest BCUT2D eigenvalue weighted by molar-refractivity contribution is 6.76. The van der Waals surface area contributed by atoms with E-state index < -0.39 is 20.3 Å². The maximum absolute atomic E-state index is 12.1. The molecule has 0 fully saturated rings. The molecule has 0 aliphatic carbocycles. The largest absolute Gasteiger partial charge is 0.516 e. The normalized spacial score (nSPS) is 14.1. The Kier molecular flexibility index (Phi) is 8.67. The van der Waals surface area contributed by atoms with Crippen LogP contribution in [0.25, 0.3) is 0 Å². The van der Waals surface area contributed by atoms with Crippen molar-refractivity contribution < 1.29 is 19.1 Å². The fraction of sp³-hybridized carbons (Fsp3) is 0.765. The van der Waals surface area contributed by atoms with Crippen molar-refractivity contribution in [1.82, 2.24) is 0 Å². The Hall–Kier alpha value is -1.10. The molecule has 128 valence electrons. The molecule has 0 radical (unpaired) electrons. The Morgan fingerprint density at radius 2 is 1.41 bits per heavy atom. The van der Waals surface area contributed by atoms with Crippen molar-refractivity contribution in [3.05, 3.63) is 12.2 Å². The summed E-state index contributed by atoms with van der Waals surface area (Å²) in [7, 11) is -2.32. The number of carboxylic acids is 1. The molecule has 0 saturated heterocycles. The van der Waals surface area contributed by atoms with Gasteiger partial charge in [-0.1, -0.05) is 48.5 Å². The summed E-state index contributed by atoms with van der Waals surface area (Å²) < 4.78 is 5.98. The van der Waals surface area contributed by atoms with Gasteiger partial charge >= 0.3 is 11.9 Å². The molecule has 1 unspecified atom stereocenters. The number of hydrogen-bond acceptors (Lipinski definition) is 3. The van der Waals surface area contributed by atoms with E-state index >= 15 is 0 Å². The van der Waals surface area contributed by atoms with Gasteiger partial charge in [-0.3, -0.25) is 0 Å².